The second kappa shape index (κ2) is 9.47. The largest absolute Gasteiger partial charge is 0.351 e. The summed E-state index contributed by atoms with van der Waals surface area (Å²) >= 11 is 1.81. The number of hydrogen-bond acceptors (Lipinski definition) is 5. The Balaban J connectivity index is 1.11. The fourth-order valence-electron chi connectivity index (χ4n) is 4.88. The number of carbonyl (C=O) groups excluding carboxylic acids is 1. The van der Waals surface area contributed by atoms with Crippen molar-refractivity contribution in [3.63, 3.8) is 0 Å². The Morgan fingerprint density at radius 3 is 2.71 bits per heavy atom. The minimum Gasteiger partial charge on any atom is -0.351 e. The summed E-state index contributed by atoms with van der Waals surface area (Å²) in [4.78, 5) is 22.3. The van der Waals surface area contributed by atoms with Gasteiger partial charge in [-0.3, -0.25) is 14.6 Å². The molecule has 3 aromatic rings. The molecule has 5 nitrogen and oxygen atoms in total. The van der Waals surface area contributed by atoms with Crippen molar-refractivity contribution in [3.8, 4) is 0 Å². The Morgan fingerprint density at radius 1 is 1.00 bits per heavy atom. The number of benzene rings is 2. The molecule has 1 N–H and O–H groups in total. The van der Waals surface area contributed by atoms with Gasteiger partial charge in [0.15, 0.2) is 0 Å². The van der Waals surface area contributed by atoms with Crippen LogP contribution in [0, 0.1) is 0 Å². The van der Waals surface area contributed by atoms with Gasteiger partial charge in [-0.15, -0.1) is 11.3 Å². The first-order valence-corrected chi connectivity index (χ1v) is 12.2. The average molecular weight is 435 g/mol. The zero-order valence-electron chi connectivity index (χ0n) is 17.9. The van der Waals surface area contributed by atoms with Gasteiger partial charge in [-0.05, 0) is 43.5 Å². The minimum atomic E-state index is 0.163. The first-order valence-electron chi connectivity index (χ1n) is 11.4. The Labute approximate surface area is 188 Å². The highest BCUT2D eigenvalue weighted by molar-refractivity contribution is 7.18. The smallest absolute Gasteiger partial charge is 0.234 e. The standard InChI is InChI=1S/C25H30N4OS/c30-24(26-21-12-14-29(17-21)15-19-7-2-1-3-8-19)18-28-13-6-9-20(16-28)25-27-22-10-4-5-11-23(22)31-25/h1-5,7-8,10-11,20-21H,6,9,12-18H2,(H,26,30)/t20-,21-/m0/s1. The van der Waals surface area contributed by atoms with E-state index in [0.717, 1.165) is 57.5 Å². The maximum atomic E-state index is 12.7. The van der Waals surface area contributed by atoms with Gasteiger partial charge in [-0.1, -0.05) is 42.5 Å². The van der Waals surface area contributed by atoms with Crippen LogP contribution < -0.4 is 5.32 Å². The maximum Gasteiger partial charge on any atom is 0.234 e. The van der Waals surface area contributed by atoms with Gasteiger partial charge in [0.05, 0.1) is 21.8 Å². The monoisotopic (exact) mass is 434 g/mol. The number of rotatable bonds is 6. The summed E-state index contributed by atoms with van der Waals surface area (Å²) in [5.74, 6) is 0.600. The molecule has 6 heteroatoms. The van der Waals surface area contributed by atoms with Gasteiger partial charge < -0.3 is 5.32 Å². The molecule has 2 aliphatic rings. The van der Waals surface area contributed by atoms with Crippen molar-refractivity contribution in [2.75, 3.05) is 32.7 Å². The van der Waals surface area contributed by atoms with Crippen molar-refractivity contribution in [2.45, 2.75) is 37.8 Å². The van der Waals surface area contributed by atoms with E-state index in [4.69, 9.17) is 4.98 Å². The molecular formula is C25H30N4OS. The normalized spacial score (nSPS) is 22.7. The van der Waals surface area contributed by atoms with Crippen LogP contribution in [-0.2, 0) is 11.3 Å². The van der Waals surface area contributed by atoms with Crippen LogP contribution in [-0.4, -0.2) is 59.5 Å². The number of fused-ring (bicyclic) bond motifs is 1. The zero-order chi connectivity index (χ0) is 21.0. The molecule has 2 saturated heterocycles. The number of likely N-dealkylation sites (tertiary alicyclic amines) is 2. The number of piperidine rings is 1. The first kappa shape index (κ1) is 20.6. The summed E-state index contributed by atoms with van der Waals surface area (Å²) in [5.41, 5.74) is 2.43. The lowest BCUT2D eigenvalue weighted by Crippen LogP contribution is -2.45. The van der Waals surface area contributed by atoms with Crippen LogP contribution in [0.3, 0.4) is 0 Å². The number of para-hydroxylation sites is 1. The Hall–Kier alpha value is -2.28. The number of carbonyl (C=O) groups is 1. The number of hydrogen-bond donors (Lipinski definition) is 1. The highest BCUT2D eigenvalue weighted by Gasteiger charge is 2.27. The second-order valence-electron chi connectivity index (χ2n) is 8.87. The third-order valence-corrected chi connectivity index (χ3v) is 7.62. The molecule has 0 bridgehead atoms. The molecule has 2 aliphatic heterocycles. The molecular weight excluding hydrogens is 404 g/mol. The molecule has 0 spiro atoms. The van der Waals surface area contributed by atoms with E-state index in [9.17, 15) is 4.79 Å². The molecule has 2 atom stereocenters. The van der Waals surface area contributed by atoms with Crippen molar-refractivity contribution in [3.05, 3.63) is 65.2 Å². The third-order valence-electron chi connectivity index (χ3n) is 6.42. The summed E-state index contributed by atoms with van der Waals surface area (Å²) in [6.07, 6.45) is 3.32. The summed E-state index contributed by atoms with van der Waals surface area (Å²) in [6.45, 7) is 5.37. The second-order valence-corrected chi connectivity index (χ2v) is 9.93. The van der Waals surface area contributed by atoms with E-state index < -0.39 is 0 Å². The van der Waals surface area contributed by atoms with E-state index in [-0.39, 0.29) is 11.9 Å². The number of aromatic nitrogens is 1. The summed E-state index contributed by atoms with van der Waals surface area (Å²) in [7, 11) is 0. The van der Waals surface area contributed by atoms with Crippen LogP contribution in [0.25, 0.3) is 10.2 Å². The molecule has 31 heavy (non-hydrogen) atoms. The van der Waals surface area contributed by atoms with Crippen molar-refractivity contribution < 1.29 is 4.79 Å². The Morgan fingerprint density at radius 2 is 1.84 bits per heavy atom. The molecule has 0 unspecified atom stereocenters. The molecule has 0 aliphatic carbocycles. The summed E-state index contributed by atoms with van der Waals surface area (Å²) in [5, 5.41) is 4.50. The van der Waals surface area contributed by atoms with E-state index in [2.05, 4.69) is 63.6 Å². The van der Waals surface area contributed by atoms with E-state index in [1.165, 1.54) is 15.3 Å². The number of nitrogens with zero attached hydrogens (tertiary/aromatic N) is 3. The van der Waals surface area contributed by atoms with Crippen LogP contribution in [0.15, 0.2) is 54.6 Å². The molecule has 1 amide bonds. The maximum absolute atomic E-state index is 12.7. The van der Waals surface area contributed by atoms with E-state index in [0.29, 0.717) is 12.5 Å². The van der Waals surface area contributed by atoms with Crippen molar-refractivity contribution in [2.24, 2.45) is 0 Å². The third kappa shape index (κ3) is 5.14. The van der Waals surface area contributed by atoms with Gasteiger partial charge in [0.25, 0.3) is 0 Å². The molecule has 3 heterocycles. The fraction of sp³-hybridized carbons (Fsp3) is 0.440. The zero-order valence-corrected chi connectivity index (χ0v) is 18.7. The Kier molecular flexibility index (Phi) is 6.30. The summed E-state index contributed by atoms with van der Waals surface area (Å²) in [6, 6.07) is 19.2. The first-order chi connectivity index (χ1) is 15.2. The predicted octanol–water partition coefficient (Wildman–Crippen LogP) is 3.87. The summed E-state index contributed by atoms with van der Waals surface area (Å²) < 4.78 is 1.26. The SMILES string of the molecule is O=C(CN1CCC[C@H](c2nc3ccccc3s2)C1)N[C@H]1CCN(Cc2ccccc2)C1. The molecule has 162 valence electrons. The van der Waals surface area contributed by atoms with E-state index in [1.54, 1.807) is 0 Å². The molecule has 2 fully saturated rings. The topological polar surface area (TPSA) is 48.5 Å². The predicted molar refractivity (Wildman–Crippen MR) is 126 cm³/mol. The lowest BCUT2D eigenvalue weighted by Gasteiger charge is -2.31. The van der Waals surface area contributed by atoms with E-state index >= 15 is 0 Å². The average Bonchev–Trinajstić information content (AvgIpc) is 3.41. The lowest BCUT2D eigenvalue weighted by atomic mass is 9.99. The quantitative estimate of drug-likeness (QED) is 0.640. The number of amides is 1. The minimum absolute atomic E-state index is 0.163. The highest BCUT2D eigenvalue weighted by Crippen LogP contribution is 2.32. The van der Waals surface area contributed by atoms with Crippen LogP contribution in [0.5, 0.6) is 0 Å². The van der Waals surface area contributed by atoms with Gasteiger partial charge in [-0.25, -0.2) is 4.98 Å². The van der Waals surface area contributed by atoms with E-state index in [1.807, 2.05) is 17.4 Å². The van der Waals surface area contributed by atoms with Crippen molar-refractivity contribution in [1.29, 1.82) is 0 Å². The van der Waals surface area contributed by atoms with Crippen LogP contribution in [0.1, 0.15) is 35.8 Å². The molecule has 0 saturated carbocycles. The van der Waals surface area contributed by atoms with Crippen molar-refractivity contribution in [1.82, 2.24) is 20.1 Å². The highest BCUT2D eigenvalue weighted by atomic mass is 32.1. The molecule has 2 aromatic carbocycles. The van der Waals surface area contributed by atoms with Gasteiger partial charge in [0.2, 0.25) is 5.91 Å². The number of thiazole rings is 1. The van der Waals surface area contributed by atoms with Crippen LogP contribution in [0.4, 0.5) is 0 Å². The lowest BCUT2D eigenvalue weighted by molar-refractivity contribution is -0.123. The molecule has 1 aromatic heterocycles. The van der Waals surface area contributed by atoms with Gasteiger partial charge >= 0.3 is 0 Å². The van der Waals surface area contributed by atoms with Gasteiger partial charge in [0, 0.05) is 38.1 Å². The van der Waals surface area contributed by atoms with Crippen LogP contribution in [0.2, 0.25) is 0 Å². The number of nitrogens with one attached hydrogen (secondary N) is 1. The Bertz CT molecular complexity index is 988. The van der Waals surface area contributed by atoms with Gasteiger partial charge in [-0.2, -0.15) is 0 Å². The molecule has 5 rings (SSSR count). The van der Waals surface area contributed by atoms with Gasteiger partial charge in [0.1, 0.15) is 0 Å². The van der Waals surface area contributed by atoms with Crippen molar-refractivity contribution >= 4 is 27.5 Å². The van der Waals surface area contributed by atoms with Crippen LogP contribution >= 0.6 is 11.3 Å². The molecule has 0 radical (unpaired) electrons. The fourth-order valence-corrected chi connectivity index (χ4v) is 5.97.